The maximum Gasteiger partial charge on any atom is 0.226 e. The molecule has 0 aliphatic rings. The van der Waals surface area contributed by atoms with Gasteiger partial charge in [-0.3, -0.25) is 4.79 Å². The minimum absolute atomic E-state index is 0.0266. The third kappa shape index (κ3) is 5.10. The standard InChI is InChI=1S/C22H24N2O3S/c1-15-4-7-17(8-5-15)22-24-18(14-28-22)13-21(25)23-11-10-16-6-9-19(26-2)20(12-16)27-3/h4-9,12,14H,10-11,13H2,1-3H3,(H,23,25). The number of carbonyl (C=O) groups is 1. The van der Waals surface area contributed by atoms with Crippen LogP contribution in [0.1, 0.15) is 16.8 Å². The van der Waals surface area contributed by atoms with Gasteiger partial charge in [-0.1, -0.05) is 35.9 Å². The van der Waals surface area contributed by atoms with E-state index >= 15 is 0 Å². The Morgan fingerprint density at radius 1 is 1.07 bits per heavy atom. The maximum atomic E-state index is 12.2. The van der Waals surface area contributed by atoms with Gasteiger partial charge < -0.3 is 14.8 Å². The van der Waals surface area contributed by atoms with Gasteiger partial charge in [0.05, 0.1) is 26.3 Å². The Morgan fingerprint density at radius 2 is 1.82 bits per heavy atom. The van der Waals surface area contributed by atoms with Crippen molar-refractivity contribution >= 4 is 17.2 Å². The van der Waals surface area contributed by atoms with Crippen LogP contribution in [0.5, 0.6) is 11.5 Å². The van der Waals surface area contributed by atoms with Crippen molar-refractivity contribution in [3.05, 3.63) is 64.7 Å². The van der Waals surface area contributed by atoms with Crippen molar-refractivity contribution in [3.63, 3.8) is 0 Å². The van der Waals surface area contributed by atoms with Gasteiger partial charge in [0.25, 0.3) is 0 Å². The van der Waals surface area contributed by atoms with Gasteiger partial charge in [0, 0.05) is 17.5 Å². The average Bonchev–Trinajstić information content (AvgIpc) is 3.16. The second kappa shape index (κ2) is 9.37. The Bertz CT molecular complexity index is 935. The highest BCUT2D eigenvalue weighted by atomic mass is 32.1. The molecule has 5 nitrogen and oxygen atoms in total. The van der Waals surface area contributed by atoms with Crippen molar-refractivity contribution in [2.24, 2.45) is 0 Å². The first-order chi connectivity index (χ1) is 13.6. The highest BCUT2D eigenvalue weighted by molar-refractivity contribution is 7.13. The lowest BCUT2D eigenvalue weighted by molar-refractivity contribution is -0.120. The van der Waals surface area contributed by atoms with E-state index in [0.717, 1.165) is 28.2 Å². The molecule has 2 aromatic carbocycles. The summed E-state index contributed by atoms with van der Waals surface area (Å²) in [5.74, 6) is 1.36. The molecule has 0 aliphatic heterocycles. The summed E-state index contributed by atoms with van der Waals surface area (Å²) in [7, 11) is 3.22. The van der Waals surface area contributed by atoms with E-state index in [2.05, 4.69) is 41.5 Å². The predicted molar refractivity (Wildman–Crippen MR) is 112 cm³/mol. The zero-order valence-electron chi connectivity index (χ0n) is 16.3. The first-order valence-corrected chi connectivity index (χ1v) is 9.96. The van der Waals surface area contributed by atoms with Crippen LogP contribution in [0.3, 0.4) is 0 Å². The van der Waals surface area contributed by atoms with Crippen LogP contribution in [0.2, 0.25) is 0 Å². The first-order valence-electron chi connectivity index (χ1n) is 9.08. The lowest BCUT2D eigenvalue weighted by Gasteiger charge is -2.10. The number of hydrogen-bond donors (Lipinski definition) is 1. The average molecular weight is 397 g/mol. The molecule has 0 bridgehead atoms. The van der Waals surface area contributed by atoms with Crippen molar-refractivity contribution in [2.75, 3.05) is 20.8 Å². The molecule has 3 rings (SSSR count). The molecule has 28 heavy (non-hydrogen) atoms. The molecule has 0 aliphatic carbocycles. The number of benzene rings is 2. The maximum absolute atomic E-state index is 12.2. The number of rotatable bonds is 8. The van der Waals surface area contributed by atoms with Gasteiger partial charge in [0.2, 0.25) is 5.91 Å². The molecule has 3 aromatic rings. The molecule has 6 heteroatoms. The van der Waals surface area contributed by atoms with Crippen LogP contribution in [0, 0.1) is 6.92 Å². The molecule has 0 saturated carbocycles. The number of nitrogens with zero attached hydrogens (tertiary/aromatic N) is 1. The van der Waals surface area contributed by atoms with Crippen molar-refractivity contribution in [1.82, 2.24) is 10.3 Å². The number of thiazole rings is 1. The van der Waals surface area contributed by atoms with Crippen LogP contribution in [-0.2, 0) is 17.6 Å². The molecular formula is C22H24N2O3S. The topological polar surface area (TPSA) is 60.5 Å². The molecule has 0 radical (unpaired) electrons. The zero-order valence-corrected chi connectivity index (χ0v) is 17.1. The van der Waals surface area contributed by atoms with E-state index in [1.165, 1.54) is 5.56 Å². The lowest BCUT2D eigenvalue weighted by atomic mass is 10.1. The van der Waals surface area contributed by atoms with E-state index in [0.29, 0.717) is 18.0 Å². The van der Waals surface area contributed by atoms with Crippen molar-refractivity contribution in [3.8, 4) is 22.1 Å². The summed E-state index contributed by atoms with van der Waals surface area (Å²) in [6, 6.07) is 14.0. The summed E-state index contributed by atoms with van der Waals surface area (Å²) in [5, 5.41) is 5.84. The van der Waals surface area contributed by atoms with Gasteiger partial charge in [0.1, 0.15) is 5.01 Å². The van der Waals surface area contributed by atoms with Gasteiger partial charge in [-0.05, 0) is 31.0 Å². The van der Waals surface area contributed by atoms with E-state index in [-0.39, 0.29) is 12.3 Å². The van der Waals surface area contributed by atoms with E-state index in [1.807, 2.05) is 23.6 Å². The Balaban J connectivity index is 1.50. The van der Waals surface area contributed by atoms with Crippen LogP contribution in [0.4, 0.5) is 0 Å². The SMILES string of the molecule is COc1ccc(CCNC(=O)Cc2csc(-c3ccc(C)cc3)n2)cc1OC. The number of ether oxygens (including phenoxy) is 2. The number of methoxy groups -OCH3 is 2. The summed E-state index contributed by atoms with van der Waals surface area (Å²) in [6.45, 7) is 2.62. The predicted octanol–water partition coefficient (Wildman–Crippen LogP) is 4.04. The zero-order chi connectivity index (χ0) is 19.9. The number of nitrogens with one attached hydrogen (secondary N) is 1. The van der Waals surface area contributed by atoms with Gasteiger partial charge >= 0.3 is 0 Å². The monoisotopic (exact) mass is 396 g/mol. The Morgan fingerprint density at radius 3 is 2.54 bits per heavy atom. The molecule has 1 aromatic heterocycles. The Kier molecular flexibility index (Phi) is 6.66. The van der Waals surface area contributed by atoms with E-state index < -0.39 is 0 Å². The van der Waals surface area contributed by atoms with Gasteiger partial charge in [-0.2, -0.15) is 0 Å². The van der Waals surface area contributed by atoms with Crippen molar-refractivity contribution < 1.29 is 14.3 Å². The number of aryl methyl sites for hydroxylation is 1. The first kappa shape index (κ1) is 19.9. The minimum atomic E-state index is -0.0266. The summed E-state index contributed by atoms with van der Waals surface area (Å²) < 4.78 is 10.5. The van der Waals surface area contributed by atoms with E-state index in [4.69, 9.17) is 9.47 Å². The van der Waals surface area contributed by atoms with Crippen molar-refractivity contribution in [2.45, 2.75) is 19.8 Å². The smallest absolute Gasteiger partial charge is 0.226 e. The second-order valence-corrected chi connectivity index (χ2v) is 7.33. The number of hydrogen-bond acceptors (Lipinski definition) is 5. The normalized spacial score (nSPS) is 10.5. The fourth-order valence-corrected chi connectivity index (χ4v) is 3.65. The Labute approximate surface area is 169 Å². The fraction of sp³-hybridized carbons (Fsp3) is 0.273. The van der Waals surface area contributed by atoms with Crippen LogP contribution in [0.25, 0.3) is 10.6 Å². The highest BCUT2D eigenvalue weighted by Gasteiger charge is 2.10. The van der Waals surface area contributed by atoms with Gasteiger partial charge in [0.15, 0.2) is 11.5 Å². The largest absolute Gasteiger partial charge is 0.493 e. The van der Waals surface area contributed by atoms with Crippen LogP contribution < -0.4 is 14.8 Å². The summed E-state index contributed by atoms with van der Waals surface area (Å²) in [6.07, 6.45) is 1.01. The molecular weight excluding hydrogens is 372 g/mol. The minimum Gasteiger partial charge on any atom is -0.493 e. The van der Waals surface area contributed by atoms with Crippen LogP contribution >= 0.6 is 11.3 Å². The number of aromatic nitrogens is 1. The third-order valence-electron chi connectivity index (χ3n) is 4.38. The molecule has 1 amide bonds. The highest BCUT2D eigenvalue weighted by Crippen LogP contribution is 2.27. The second-order valence-electron chi connectivity index (χ2n) is 6.48. The number of amides is 1. The molecule has 1 heterocycles. The number of carbonyl (C=O) groups excluding carboxylic acids is 1. The third-order valence-corrected chi connectivity index (χ3v) is 5.32. The summed E-state index contributed by atoms with van der Waals surface area (Å²) in [4.78, 5) is 16.8. The molecule has 0 atom stereocenters. The van der Waals surface area contributed by atoms with E-state index in [9.17, 15) is 4.79 Å². The van der Waals surface area contributed by atoms with Crippen molar-refractivity contribution in [1.29, 1.82) is 0 Å². The van der Waals surface area contributed by atoms with Gasteiger partial charge in [-0.15, -0.1) is 11.3 Å². The van der Waals surface area contributed by atoms with Crippen LogP contribution in [0.15, 0.2) is 47.8 Å². The quantitative estimate of drug-likeness (QED) is 0.624. The lowest BCUT2D eigenvalue weighted by Crippen LogP contribution is -2.27. The van der Waals surface area contributed by atoms with Gasteiger partial charge in [-0.25, -0.2) is 4.98 Å². The summed E-state index contributed by atoms with van der Waals surface area (Å²) >= 11 is 1.56. The Hall–Kier alpha value is -2.86. The molecule has 0 unspecified atom stereocenters. The molecule has 0 spiro atoms. The molecule has 0 fully saturated rings. The van der Waals surface area contributed by atoms with E-state index in [1.54, 1.807) is 25.6 Å². The fourth-order valence-electron chi connectivity index (χ4n) is 2.83. The molecule has 0 saturated heterocycles. The molecule has 1 N–H and O–H groups in total. The summed E-state index contributed by atoms with van der Waals surface area (Å²) in [5.41, 5.74) is 4.17. The van der Waals surface area contributed by atoms with Crippen LogP contribution in [-0.4, -0.2) is 31.7 Å². The molecule has 146 valence electrons.